The predicted molar refractivity (Wildman–Crippen MR) is 77.5 cm³/mol. The van der Waals surface area contributed by atoms with Crippen molar-refractivity contribution >= 4 is 11.0 Å². The van der Waals surface area contributed by atoms with E-state index in [0.29, 0.717) is 11.6 Å². The lowest BCUT2D eigenvalue weighted by Crippen LogP contribution is -2.09. The number of nitriles is 1. The summed E-state index contributed by atoms with van der Waals surface area (Å²) in [5.74, 6) is 1.13. The lowest BCUT2D eigenvalue weighted by molar-refractivity contribution is 0.110. The SMILES string of the molecule is COC(C)CCc1nc2cc(C#N)ccc2n1C1CC1. The van der Waals surface area contributed by atoms with Crippen molar-refractivity contribution in [3.8, 4) is 6.07 Å². The molecule has 1 aliphatic carbocycles. The van der Waals surface area contributed by atoms with Crippen LogP contribution in [0.4, 0.5) is 0 Å². The zero-order valence-corrected chi connectivity index (χ0v) is 12.0. The maximum Gasteiger partial charge on any atom is 0.110 e. The van der Waals surface area contributed by atoms with Gasteiger partial charge in [0.25, 0.3) is 0 Å². The summed E-state index contributed by atoms with van der Waals surface area (Å²) in [6.07, 6.45) is 4.60. The molecule has 2 aromatic rings. The second-order valence-electron chi connectivity index (χ2n) is 5.53. The smallest absolute Gasteiger partial charge is 0.110 e. The van der Waals surface area contributed by atoms with Crippen LogP contribution in [0.1, 0.15) is 43.6 Å². The van der Waals surface area contributed by atoms with E-state index in [0.717, 1.165) is 29.7 Å². The zero-order valence-electron chi connectivity index (χ0n) is 12.0. The second kappa shape index (κ2) is 5.26. The molecule has 3 rings (SSSR count). The van der Waals surface area contributed by atoms with Gasteiger partial charge in [0.1, 0.15) is 5.82 Å². The lowest BCUT2D eigenvalue weighted by Gasteiger charge is -2.10. The highest BCUT2D eigenvalue weighted by atomic mass is 16.5. The third-order valence-corrected chi connectivity index (χ3v) is 3.98. The van der Waals surface area contributed by atoms with E-state index in [1.165, 1.54) is 12.8 Å². The molecule has 0 amide bonds. The van der Waals surface area contributed by atoms with E-state index in [-0.39, 0.29) is 6.10 Å². The fourth-order valence-corrected chi connectivity index (χ4v) is 2.58. The van der Waals surface area contributed by atoms with E-state index in [1.54, 1.807) is 7.11 Å². The fraction of sp³-hybridized carbons (Fsp3) is 0.500. The molecule has 1 fully saturated rings. The van der Waals surface area contributed by atoms with Gasteiger partial charge in [-0.25, -0.2) is 4.98 Å². The first kappa shape index (κ1) is 13.1. The third kappa shape index (κ3) is 2.41. The molecule has 4 nitrogen and oxygen atoms in total. The van der Waals surface area contributed by atoms with Crippen molar-refractivity contribution in [3.63, 3.8) is 0 Å². The van der Waals surface area contributed by atoms with Crippen LogP contribution in [0.5, 0.6) is 0 Å². The van der Waals surface area contributed by atoms with Gasteiger partial charge in [0.2, 0.25) is 0 Å². The van der Waals surface area contributed by atoms with E-state index in [9.17, 15) is 0 Å². The van der Waals surface area contributed by atoms with Crippen molar-refractivity contribution < 1.29 is 4.74 Å². The van der Waals surface area contributed by atoms with Crippen molar-refractivity contribution in [3.05, 3.63) is 29.6 Å². The minimum atomic E-state index is 0.247. The molecule has 4 heteroatoms. The Morgan fingerprint density at radius 3 is 2.95 bits per heavy atom. The van der Waals surface area contributed by atoms with Crippen molar-refractivity contribution in [2.45, 2.75) is 44.8 Å². The number of methoxy groups -OCH3 is 1. The van der Waals surface area contributed by atoms with Crippen LogP contribution >= 0.6 is 0 Å². The van der Waals surface area contributed by atoms with E-state index in [1.807, 2.05) is 18.2 Å². The van der Waals surface area contributed by atoms with Gasteiger partial charge in [-0.1, -0.05) is 0 Å². The molecular formula is C16H19N3O. The second-order valence-corrected chi connectivity index (χ2v) is 5.53. The number of rotatable bonds is 5. The largest absolute Gasteiger partial charge is 0.382 e. The van der Waals surface area contributed by atoms with Crippen molar-refractivity contribution in [1.82, 2.24) is 9.55 Å². The third-order valence-electron chi connectivity index (χ3n) is 3.98. The highest BCUT2D eigenvalue weighted by Crippen LogP contribution is 2.39. The van der Waals surface area contributed by atoms with E-state index in [2.05, 4.69) is 17.6 Å². The molecule has 1 aromatic heterocycles. The molecule has 1 aliphatic rings. The molecule has 1 saturated carbocycles. The maximum atomic E-state index is 9.00. The quantitative estimate of drug-likeness (QED) is 0.837. The van der Waals surface area contributed by atoms with Crippen LogP contribution in [0, 0.1) is 11.3 Å². The first-order valence-corrected chi connectivity index (χ1v) is 7.16. The number of nitrogens with zero attached hydrogens (tertiary/aromatic N) is 3. The Morgan fingerprint density at radius 1 is 1.50 bits per heavy atom. The number of fused-ring (bicyclic) bond motifs is 1. The number of benzene rings is 1. The molecule has 0 bridgehead atoms. The maximum absolute atomic E-state index is 9.00. The van der Waals surface area contributed by atoms with Crippen LogP contribution in [0.3, 0.4) is 0 Å². The average molecular weight is 269 g/mol. The normalized spacial score (nSPS) is 16.2. The van der Waals surface area contributed by atoms with Gasteiger partial charge >= 0.3 is 0 Å². The Bertz CT molecular complexity index is 664. The van der Waals surface area contributed by atoms with E-state index >= 15 is 0 Å². The molecule has 0 aliphatic heterocycles. The Balaban J connectivity index is 1.97. The lowest BCUT2D eigenvalue weighted by atomic mass is 10.2. The summed E-state index contributed by atoms with van der Waals surface area (Å²) in [5.41, 5.74) is 2.78. The highest BCUT2D eigenvalue weighted by molar-refractivity contribution is 5.78. The van der Waals surface area contributed by atoms with Gasteiger partial charge in [-0.2, -0.15) is 5.26 Å². The zero-order chi connectivity index (χ0) is 14.1. The van der Waals surface area contributed by atoms with Crippen LogP contribution in [0.2, 0.25) is 0 Å². The summed E-state index contributed by atoms with van der Waals surface area (Å²) in [6, 6.07) is 8.58. The molecule has 0 radical (unpaired) electrons. The van der Waals surface area contributed by atoms with Crippen LogP contribution in [0.15, 0.2) is 18.2 Å². The van der Waals surface area contributed by atoms with Crippen LogP contribution < -0.4 is 0 Å². The first-order chi connectivity index (χ1) is 9.72. The van der Waals surface area contributed by atoms with Crippen molar-refractivity contribution in [2.24, 2.45) is 0 Å². The molecule has 0 N–H and O–H groups in total. The Morgan fingerprint density at radius 2 is 2.30 bits per heavy atom. The Labute approximate surface area is 119 Å². The number of imidazole rings is 1. The van der Waals surface area contributed by atoms with Crippen LogP contribution in [-0.2, 0) is 11.2 Å². The number of aryl methyl sites for hydroxylation is 1. The highest BCUT2D eigenvalue weighted by Gasteiger charge is 2.28. The number of hydrogen-bond donors (Lipinski definition) is 0. The Kier molecular flexibility index (Phi) is 3.45. The summed E-state index contributed by atoms with van der Waals surface area (Å²) in [7, 11) is 1.74. The summed E-state index contributed by atoms with van der Waals surface area (Å²) in [6.45, 7) is 2.08. The molecule has 104 valence electrons. The van der Waals surface area contributed by atoms with E-state index < -0.39 is 0 Å². The van der Waals surface area contributed by atoms with E-state index in [4.69, 9.17) is 15.0 Å². The van der Waals surface area contributed by atoms with Crippen LogP contribution in [0.25, 0.3) is 11.0 Å². The van der Waals surface area contributed by atoms with Gasteiger partial charge in [-0.3, -0.25) is 0 Å². The molecular weight excluding hydrogens is 250 g/mol. The molecule has 1 aromatic carbocycles. The van der Waals surface area contributed by atoms with Gasteiger partial charge in [0.15, 0.2) is 0 Å². The Hall–Kier alpha value is -1.86. The van der Waals surface area contributed by atoms with Gasteiger partial charge in [-0.05, 0) is 44.4 Å². The standard InChI is InChI=1S/C16H19N3O/c1-11(20-2)3-8-16-18-14-9-12(10-17)4-7-15(14)19(16)13-5-6-13/h4,7,9,11,13H,3,5-6,8H2,1-2H3. The minimum Gasteiger partial charge on any atom is -0.382 e. The number of ether oxygens (including phenoxy) is 1. The fourth-order valence-electron chi connectivity index (χ4n) is 2.58. The average Bonchev–Trinajstić information content (AvgIpc) is 3.24. The first-order valence-electron chi connectivity index (χ1n) is 7.16. The summed E-state index contributed by atoms with van der Waals surface area (Å²) in [5, 5.41) is 9.00. The number of aromatic nitrogens is 2. The van der Waals surface area contributed by atoms with Crippen LogP contribution in [-0.4, -0.2) is 22.8 Å². The summed E-state index contributed by atoms with van der Waals surface area (Å²) < 4.78 is 7.68. The topological polar surface area (TPSA) is 50.8 Å². The molecule has 0 spiro atoms. The van der Waals surface area contributed by atoms with Gasteiger partial charge in [-0.15, -0.1) is 0 Å². The van der Waals surface area contributed by atoms with Gasteiger partial charge < -0.3 is 9.30 Å². The molecule has 1 atom stereocenters. The van der Waals surface area contributed by atoms with Gasteiger partial charge in [0, 0.05) is 19.6 Å². The molecule has 1 unspecified atom stereocenters. The summed E-state index contributed by atoms with van der Waals surface area (Å²) in [4.78, 5) is 4.75. The van der Waals surface area contributed by atoms with Gasteiger partial charge in [0.05, 0.1) is 28.8 Å². The minimum absolute atomic E-state index is 0.247. The van der Waals surface area contributed by atoms with Crippen molar-refractivity contribution in [1.29, 1.82) is 5.26 Å². The summed E-state index contributed by atoms with van der Waals surface area (Å²) >= 11 is 0. The van der Waals surface area contributed by atoms with Crippen molar-refractivity contribution in [2.75, 3.05) is 7.11 Å². The predicted octanol–water partition coefficient (Wildman–Crippen LogP) is 3.21. The molecule has 20 heavy (non-hydrogen) atoms. The monoisotopic (exact) mass is 269 g/mol. The number of hydrogen-bond acceptors (Lipinski definition) is 3. The molecule has 1 heterocycles. The molecule has 0 saturated heterocycles.